The summed E-state index contributed by atoms with van der Waals surface area (Å²) in [5.74, 6) is 0. The van der Waals surface area contributed by atoms with Gasteiger partial charge in [0.25, 0.3) is 0 Å². The molecule has 0 aromatic heterocycles. The molecule has 0 unspecified atom stereocenters. The van der Waals surface area contributed by atoms with Crippen LogP contribution in [0, 0.1) is 0 Å². The molecule has 0 saturated heterocycles. The zero-order valence-electron chi connectivity index (χ0n) is 4.58. The van der Waals surface area contributed by atoms with Gasteiger partial charge in [-0.3, -0.25) is 0 Å². The second-order valence-corrected chi connectivity index (χ2v) is 2.93. The molecule has 2 rings (SSSR count). The highest BCUT2D eigenvalue weighted by Gasteiger charge is 2.68. The van der Waals surface area contributed by atoms with E-state index in [1.54, 1.807) is 0 Å². The maximum absolute atomic E-state index is 12.7. The third-order valence-corrected chi connectivity index (χ3v) is 2.18. The molecule has 0 aliphatic heterocycles. The summed E-state index contributed by atoms with van der Waals surface area (Å²) in [5.41, 5.74) is -2.74. The van der Waals surface area contributed by atoms with E-state index in [0.29, 0.717) is 25.7 Å². The first-order valence-corrected chi connectivity index (χ1v) is 3.04. The fraction of sp³-hybridized carbons (Fsp3) is 1.00. The zero-order valence-corrected chi connectivity index (χ0v) is 4.58. The Morgan fingerprint density at radius 3 is 1.12 bits per heavy atom. The van der Waals surface area contributed by atoms with E-state index in [0.717, 1.165) is 0 Å². The third kappa shape index (κ3) is 0.389. The number of alkyl halides is 2. The van der Waals surface area contributed by atoms with E-state index in [9.17, 15) is 8.78 Å². The maximum Gasteiger partial charge on any atom is 0.145 e. The van der Waals surface area contributed by atoms with Crippen molar-refractivity contribution in [3.8, 4) is 0 Å². The van der Waals surface area contributed by atoms with E-state index in [4.69, 9.17) is 0 Å². The van der Waals surface area contributed by atoms with Crippen molar-refractivity contribution < 1.29 is 8.78 Å². The Hall–Kier alpha value is -0.140. The van der Waals surface area contributed by atoms with Crippen LogP contribution in [0.4, 0.5) is 8.78 Å². The predicted octanol–water partition coefficient (Wildman–Crippen LogP) is 1.99. The number of halogens is 2. The van der Waals surface area contributed by atoms with E-state index >= 15 is 0 Å². The highest BCUT2D eigenvalue weighted by atomic mass is 19.2. The van der Waals surface area contributed by atoms with Crippen LogP contribution in [0.25, 0.3) is 0 Å². The van der Waals surface area contributed by atoms with Gasteiger partial charge in [-0.1, -0.05) is 0 Å². The smallest absolute Gasteiger partial charge is 0.145 e. The summed E-state index contributed by atoms with van der Waals surface area (Å²) >= 11 is 0. The van der Waals surface area contributed by atoms with Crippen molar-refractivity contribution in [2.24, 2.45) is 0 Å². The van der Waals surface area contributed by atoms with E-state index < -0.39 is 11.3 Å². The monoisotopic (exact) mass is 118 g/mol. The van der Waals surface area contributed by atoms with Crippen LogP contribution in [0.15, 0.2) is 0 Å². The average Bonchev–Trinajstić information content (AvgIpc) is 2.46. The molecule has 0 heterocycles. The molecule has 0 aromatic carbocycles. The van der Waals surface area contributed by atoms with Crippen molar-refractivity contribution in [1.82, 2.24) is 0 Å². The quantitative estimate of drug-likeness (QED) is 0.494. The molecule has 0 N–H and O–H groups in total. The highest BCUT2D eigenvalue weighted by Crippen LogP contribution is 2.62. The normalized spacial score (nSPS) is 36.8. The van der Waals surface area contributed by atoms with Gasteiger partial charge in [0.2, 0.25) is 0 Å². The Bertz CT molecular complexity index is 106. The first-order chi connectivity index (χ1) is 3.66. The Kier molecular flexibility index (Phi) is 0.552. The molecular formula is C6H8F2. The maximum atomic E-state index is 12.7. The molecule has 0 spiro atoms. The van der Waals surface area contributed by atoms with Gasteiger partial charge in [-0.05, 0) is 25.7 Å². The summed E-state index contributed by atoms with van der Waals surface area (Å²) in [4.78, 5) is 0. The van der Waals surface area contributed by atoms with Gasteiger partial charge in [0.05, 0.1) is 0 Å². The first-order valence-electron chi connectivity index (χ1n) is 3.04. The lowest BCUT2D eigenvalue weighted by Gasteiger charge is -2.06. The largest absolute Gasteiger partial charge is 0.240 e. The summed E-state index contributed by atoms with van der Waals surface area (Å²) in [7, 11) is 0. The van der Waals surface area contributed by atoms with Gasteiger partial charge in [0.1, 0.15) is 11.3 Å². The lowest BCUT2D eigenvalue weighted by molar-refractivity contribution is 0.124. The molecule has 0 atom stereocenters. The van der Waals surface area contributed by atoms with Gasteiger partial charge in [0.15, 0.2) is 0 Å². The fourth-order valence-corrected chi connectivity index (χ4v) is 1.12. The third-order valence-electron chi connectivity index (χ3n) is 2.18. The Labute approximate surface area is 46.9 Å². The summed E-state index contributed by atoms with van der Waals surface area (Å²) in [6.07, 6.45) is 1.85. The van der Waals surface area contributed by atoms with Gasteiger partial charge < -0.3 is 0 Å². The van der Waals surface area contributed by atoms with Gasteiger partial charge in [-0.25, -0.2) is 8.78 Å². The summed E-state index contributed by atoms with van der Waals surface area (Å²) in [5, 5.41) is 0. The second-order valence-electron chi connectivity index (χ2n) is 2.93. The Morgan fingerprint density at radius 1 is 0.750 bits per heavy atom. The lowest BCUT2D eigenvalue weighted by atomic mass is 10.2. The van der Waals surface area contributed by atoms with Crippen LogP contribution < -0.4 is 0 Å². The van der Waals surface area contributed by atoms with Crippen LogP contribution in [0.2, 0.25) is 0 Å². The van der Waals surface area contributed by atoms with Crippen LogP contribution in [-0.2, 0) is 0 Å². The Morgan fingerprint density at radius 2 is 1.00 bits per heavy atom. The molecule has 0 aromatic rings. The molecule has 0 amide bonds. The molecule has 46 valence electrons. The summed E-state index contributed by atoms with van der Waals surface area (Å²) in [6, 6.07) is 0. The molecule has 0 bridgehead atoms. The van der Waals surface area contributed by atoms with Gasteiger partial charge >= 0.3 is 0 Å². The van der Waals surface area contributed by atoms with Crippen molar-refractivity contribution in [1.29, 1.82) is 0 Å². The summed E-state index contributed by atoms with van der Waals surface area (Å²) < 4.78 is 25.4. The second kappa shape index (κ2) is 0.937. The minimum absolute atomic E-state index is 0.462. The average molecular weight is 118 g/mol. The number of rotatable bonds is 1. The van der Waals surface area contributed by atoms with Crippen molar-refractivity contribution in [3.63, 3.8) is 0 Å². The van der Waals surface area contributed by atoms with Crippen molar-refractivity contribution in [2.45, 2.75) is 37.0 Å². The van der Waals surface area contributed by atoms with Gasteiger partial charge in [-0.15, -0.1) is 0 Å². The summed E-state index contributed by atoms with van der Waals surface area (Å²) in [6.45, 7) is 0. The van der Waals surface area contributed by atoms with Crippen LogP contribution in [0.3, 0.4) is 0 Å². The molecule has 0 radical (unpaired) electrons. The van der Waals surface area contributed by atoms with E-state index in [1.165, 1.54) is 0 Å². The van der Waals surface area contributed by atoms with Crippen LogP contribution in [0.1, 0.15) is 25.7 Å². The zero-order chi connectivity index (χ0) is 5.83. The molecule has 2 fully saturated rings. The first kappa shape index (κ1) is 4.71. The number of hydrogen-bond acceptors (Lipinski definition) is 0. The van der Waals surface area contributed by atoms with E-state index in [2.05, 4.69) is 0 Å². The van der Waals surface area contributed by atoms with Crippen LogP contribution >= 0.6 is 0 Å². The Balaban J connectivity index is 2.15. The molecule has 2 aliphatic rings. The van der Waals surface area contributed by atoms with Gasteiger partial charge in [0, 0.05) is 0 Å². The molecular weight excluding hydrogens is 110 g/mol. The molecule has 2 heteroatoms. The standard InChI is InChI=1S/C6H8F2/c7-5(1-2-5)6(8)3-4-6/h1-4H2. The fourth-order valence-electron chi connectivity index (χ4n) is 1.12. The molecule has 8 heavy (non-hydrogen) atoms. The van der Waals surface area contributed by atoms with Crippen LogP contribution in [0.5, 0.6) is 0 Å². The SMILES string of the molecule is FC1(C2(F)CC2)CC1. The molecule has 2 aliphatic carbocycles. The lowest BCUT2D eigenvalue weighted by Crippen LogP contribution is -2.19. The minimum atomic E-state index is -1.37. The van der Waals surface area contributed by atoms with Gasteiger partial charge in [-0.2, -0.15) is 0 Å². The number of hydrogen-bond donors (Lipinski definition) is 0. The van der Waals surface area contributed by atoms with E-state index in [1.807, 2.05) is 0 Å². The van der Waals surface area contributed by atoms with Crippen molar-refractivity contribution in [2.75, 3.05) is 0 Å². The molecule has 2 saturated carbocycles. The van der Waals surface area contributed by atoms with Crippen molar-refractivity contribution >= 4 is 0 Å². The minimum Gasteiger partial charge on any atom is -0.240 e. The predicted molar refractivity (Wildman–Crippen MR) is 26.1 cm³/mol. The van der Waals surface area contributed by atoms with Crippen molar-refractivity contribution in [3.05, 3.63) is 0 Å². The van der Waals surface area contributed by atoms with E-state index in [-0.39, 0.29) is 0 Å². The topological polar surface area (TPSA) is 0 Å². The molecule has 0 nitrogen and oxygen atoms in total. The highest BCUT2D eigenvalue weighted by molar-refractivity contribution is 5.18. The van der Waals surface area contributed by atoms with Crippen LogP contribution in [-0.4, -0.2) is 11.3 Å².